The van der Waals surface area contributed by atoms with Crippen molar-refractivity contribution < 1.29 is 9.59 Å². The van der Waals surface area contributed by atoms with Gasteiger partial charge < -0.3 is 16.0 Å². The van der Waals surface area contributed by atoms with Crippen LogP contribution < -0.4 is 11.1 Å². The van der Waals surface area contributed by atoms with Gasteiger partial charge in [-0.3, -0.25) is 4.79 Å². The summed E-state index contributed by atoms with van der Waals surface area (Å²) in [6, 6.07) is 16.4. The Balaban J connectivity index is 1.54. The number of hydrogen-bond acceptors (Lipinski definition) is 4. The number of nitrogens with zero attached hydrogens (tertiary/aromatic N) is 2. The van der Waals surface area contributed by atoms with Crippen molar-refractivity contribution in [3.63, 3.8) is 0 Å². The normalized spacial score (nSPS) is 17.6. The monoisotopic (exact) mass is 394 g/mol. The van der Waals surface area contributed by atoms with Gasteiger partial charge in [-0.2, -0.15) is 0 Å². The number of likely N-dealkylation sites (tertiary alicyclic amines) is 1. The molecule has 2 atom stereocenters. The van der Waals surface area contributed by atoms with Crippen LogP contribution in [0.25, 0.3) is 10.2 Å². The van der Waals surface area contributed by atoms with E-state index in [2.05, 4.69) is 11.4 Å². The van der Waals surface area contributed by atoms with Gasteiger partial charge in [0.05, 0.1) is 28.7 Å². The minimum absolute atomic E-state index is 0.00404. The number of carbonyl (C=O) groups excluding carboxylic acids is 2. The molecule has 0 aliphatic carbocycles. The lowest BCUT2D eigenvalue weighted by Crippen LogP contribution is -2.38. The zero-order valence-electron chi connectivity index (χ0n) is 15.4. The Hall–Kier alpha value is -2.93. The predicted molar refractivity (Wildman–Crippen MR) is 110 cm³/mol. The molecule has 4 rings (SSSR count). The van der Waals surface area contributed by atoms with Gasteiger partial charge in [0.2, 0.25) is 5.91 Å². The number of carbonyl (C=O) groups is 2. The first kappa shape index (κ1) is 18.4. The van der Waals surface area contributed by atoms with Gasteiger partial charge in [0.15, 0.2) is 0 Å². The Bertz CT molecular complexity index is 955. The van der Waals surface area contributed by atoms with Gasteiger partial charge in [-0.15, -0.1) is 11.3 Å². The van der Waals surface area contributed by atoms with Gasteiger partial charge in [0.25, 0.3) is 0 Å². The molecule has 1 saturated heterocycles. The summed E-state index contributed by atoms with van der Waals surface area (Å²) in [4.78, 5) is 31.2. The van der Waals surface area contributed by atoms with E-state index in [0.717, 1.165) is 33.6 Å². The van der Waals surface area contributed by atoms with E-state index in [-0.39, 0.29) is 18.4 Å². The average molecular weight is 395 g/mol. The molecule has 1 aliphatic heterocycles. The highest BCUT2D eigenvalue weighted by Crippen LogP contribution is 2.37. The maximum absolute atomic E-state index is 13.1. The van der Waals surface area contributed by atoms with Crippen LogP contribution in [-0.2, 0) is 4.79 Å². The van der Waals surface area contributed by atoms with Crippen LogP contribution in [0.4, 0.5) is 4.79 Å². The topological polar surface area (TPSA) is 88.3 Å². The maximum atomic E-state index is 13.1. The Morgan fingerprint density at radius 1 is 1.18 bits per heavy atom. The second kappa shape index (κ2) is 7.98. The largest absolute Gasteiger partial charge is 0.352 e. The van der Waals surface area contributed by atoms with Crippen LogP contribution in [0.1, 0.15) is 41.9 Å². The fraction of sp³-hybridized carbons (Fsp3) is 0.286. The van der Waals surface area contributed by atoms with Crippen LogP contribution in [0.2, 0.25) is 0 Å². The molecule has 1 aromatic heterocycles. The summed E-state index contributed by atoms with van der Waals surface area (Å²) in [6.07, 6.45) is 2.03. The molecule has 3 aromatic rings. The number of primary amides is 1. The maximum Gasteiger partial charge on any atom is 0.312 e. The number of nitrogens with one attached hydrogen (secondary N) is 1. The standard InChI is InChI=1S/C21H22N4O2S/c22-21(27)24-16(14-7-2-1-3-8-14)13-19(26)25-12-6-10-17(25)20-23-15-9-4-5-11-18(15)28-20/h1-5,7-9,11,16-17H,6,10,12-13H2,(H3,22,24,27)/t16-,17+/m0/s1. The summed E-state index contributed by atoms with van der Waals surface area (Å²) < 4.78 is 1.13. The highest BCUT2D eigenvalue weighted by molar-refractivity contribution is 7.18. The van der Waals surface area contributed by atoms with Crippen molar-refractivity contribution in [2.75, 3.05) is 6.54 Å². The number of nitrogens with two attached hydrogens (primary N) is 1. The van der Waals surface area contributed by atoms with Gasteiger partial charge in [-0.05, 0) is 30.5 Å². The van der Waals surface area contributed by atoms with Crippen molar-refractivity contribution in [1.29, 1.82) is 0 Å². The summed E-state index contributed by atoms with van der Waals surface area (Å²) in [7, 11) is 0. The van der Waals surface area contributed by atoms with E-state index in [1.54, 1.807) is 11.3 Å². The number of aromatic nitrogens is 1. The molecule has 6 nitrogen and oxygen atoms in total. The first-order valence-electron chi connectivity index (χ1n) is 9.37. The molecule has 2 aromatic carbocycles. The number of para-hydroxylation sites is 1. The fourth-order valence-electron chi connectivity index (χ4n) is 3.76. The zero-order chi connectivity index (χ0) is 19.5. The Morgan fingerprint density at radius 2 is 1.93 bits per heavy atom. The van der Waals surface area contributed by atoms with Gasteiger partial charge >= 0.3 is 6.03 Å². The summed E-state index contributed by atoms with van der Waals surface area (Å²) >= 11 is 1.65. The van der Waals surface area contributed by atoms with Crippen molar-refractivity contribution >= 4 is 33.5 Å². The molecule has 3 amide bonds. The van der Waals surface area contributed by atoms with Crippen LogP contribution >= 0.6 is 11.3 Å². The lowest BCUT2D eigenvalue weighted by Gasteiger charge is -2.26. The van der Waals surface area contributed by atoms with E-state index in [9.17, 15) is 9.59 Å². The highest BCUT2D eigenvalue weighted by Gasteiger charge is 2.33. The molecule has 0 saturated carbocycles. The lowest BCUT2D eigenvalue weighted by atomic mass is 10.0. The second-order valence-electron chi connectivity index (χ2n) is 6.94. The number of thiazole rings is 1. The zero-order valence-corrected chi connectivity index (χ0v) is 16.2. The molecular weight excluding hydrogens is 372 g/mol. The average Bonchev–Trinajstić information content (AvgIpc) is 3.34. The van der Waals surface area contributed by atoms with E-state index in [1.807, 2.05) is 53.4 Å². The van der Waals surface area contributed by atoms with Crippen LogP contribution in [-0.4, -0.2) is 28.4 Å². The van der Waals surface area contributed by atoms with E-state index >= 15 is 0 Å². The van der Waals surface area contributed by atoms with E-state index in [1.165, 1.54) is 0 Å². The Kier molecular flexibility index (Phi) is 5.25. The van der Waals surface area contributed by atoms with Crippen LogP contribution in [0.5, 0.6) is 0 Å². The summed E-state index contributed by atoms with van der Waals surface area (Å²) in [5.41, 5.74) is 7.18. The number of fused-ring (bicyclic) bond motifs is 1. The van der Waals surface area contributed by atoms with Crippen molar-refractivity contribution in [3.8, 4) is 0 Å². The highest BCUT2D eigenvalue weighted by atomic mass is 32.1. The predicted octanol–water partition coefficient (Wildman–Crippen LogP) is 3.76. The van der Waals surface area contributed by atoms with E-state index in [4.69, 9.17) is 10.7 Å². The second-order valence-corrected chi connectivity index (χ2v) is 8.00. The van der Waals surface area contributed by atoms with Crippen LogP contribution in [0, 0.1) is 0 Å². The quantitative estimate of drug-likeness (QED) is 0.691. The summed E-state index contributed by atoms with van der Waals surface area (Å²) in [6.45, 7) is 0.706. The van der Waals surface area contributed by atoms with E-state index < -0.39 is 12.1 Å². The van der Waals surface area contributed by atoms with Crippen LogP contribution in [0.15, 0.2) is 54.6 Å². The van der Waals surface area contributed by atoms with Crippen molar-refractivity contribution in [3.05, 3.63) is 65.2 Å². The Morgan fingerprint density at radius 3 is 2.68 bits per heavy atom. The number of hydrogen-bond donors (Lipinski definition) is 2. The SMILES string of the molecule is NC(=O)N[C@@H](CC(=O)N1CCC[C@@H]1c1nc2ccccc2s1)c1ccccc1. The molecule has 1 fully saturated rings. The first-order chi connectivity index (χ1) is 13.6. The van der Waals surface area contributed by atoms with Crippen molar-refractivity contribution in [1.82, 2.24) is 15.2 Å². The smallest absolute Gasteiger partial charge is 0.312 e. The van der Waals surface area contributed by atoms with Crippen molar-refractivity contribution in [2.24, 2.45) is 5.73 Å². The third-order valence-electron chi connectivity index (χ3n) is 5.07. The lowest BCUT2D eigenvalue weighted by molar-refractivity contribution is -0.132. The molecule has 0 unspecified atom stereocenters. The first-order valence-corrected chi connectivity index (χ1v) is 10.2. The molecule has 28 heavy (non-hydrogen) atoms. The molecule has 0 radical (unpaired) electrons. The van der Waals surface area contributed by atoms with Gasteiger partial charge in [0.1, 0.15) is 5.01 Å². The van der Waals surface area contributed by atoms with Crippen LogP contribution in [0.3, 0.4) is 0 Å². The molecule has 0 bridgehead atoms. The number of rotatable bonds is 5. The third kappa shape index (κ3) is 3.84. The molecule has 144 valence electrons. The molecular formula is C21H22N4O2S. The van der Waals surface area contributed by atoms with Gasteiger partial charge in [0, 0.05) is 6.54 Å². The molecule has 1 aliphatic rings. The summed E-state index contributed by atoms with van der Waals surface area (Å²) in [5.74, 6) is 0.00404. The fourth-order valence-corrected chi connectivity index (χ4v) is 4.87. The molecule has 7 heteroatoms. The van der Waals surface area contributed by atoms with E-state index in [0.29, 0.717) is 6.54 Å². The number of urea groups is 1. The number of benzene rings is 2. The summed E-state index contributed by atoms with van der Waals surface area (Å²) in [5, 5.41) is 3.68. The Labute approximate surface area is 167 Å². The molecule has 3 N–H and O–H groups in total. The molecule has 0 spiro atoms. The minimum atomic E-state index is -0.634. The third-order valence-corrected chi connectivity index (χ3v) is 6.20. The number of amides is 3. The van der Waals surface area contributed by atoms with Gasteiger partial charge in [-0.1, -0.05) is 42.5 Å². The minimum Gasteiger partial charge on any atom is -0.352 e. The van der Waals surface area contributed by atoms with Gasteiger partial charge in [-0.25, -0.2) is 9.78 Å². The molecule has 2 heterocycles. The van der Waals surface area contributed by atoms with Crippen molar-refractivity contribution in [2.45, 2.75) is 31.3 Å².